The number of anilines is 1. The first-order chi connectivity index (χ1) is 11.0. The number of benzene rings is 2. The molecule has 0 radical (unpaired) electrons. The second-order valence-corrected chi connectivity index (χ2v) is 5.20. The molecule has 2 aromatic carbocycles. The molecule has 122 valence electrons. The van der Waals surface area contributed by atoms with E-state index in [2.05, 4.69) is 26.0 Å². The second-order valence-electron chi connectivity index (χ2n) is 4.29. The Morgan fingerprint density at radius 3 is 2.61 bits per heavy atom. The summed E-state index contributed by atoms with van der Waals surface area (Å²) in [5.41, 5.74) is 0.0673. The van der Waals surface area contributed by atoms with Gasteiger partial charge < -0.3 is 14.8 Å². The fourth-order valence-electron chi connectivity index (χ4n) is 1.69. The lowest BCUT2D eigenvalue weighted by Crippen LogP contribution is -2.21. The van der Waals surface area contributed by atoms with E-state index >= 15 is 0 Å². The van der Waals surface area contributed by atoms with E-state index < -0.39 is 24.9 Å². The number of rotatable bonds is 6. The monoisotopic (exact) mass is 389 g/mol. The minimum atomic E-state index is -3.01. The number of halogens is 4. The fourth-order valence-corrected chi connectivity index (χ4v) is 2.02. The van der Waals surface area contributed by atoms with Crippen molar-refractivity contribution in [3.8, 4) is 11.5 Å². The predicted molar refractivity (Wildman–Crippen MR) is 81.3 cm³/mol. The first-order valence-corrected chi connectivity index (χ1v) is 7.16. The Balaban J connectivity index is 1.97. The maximum atomic E-state index is 13.5. The molecule has 1 N–H and O–H groups in total. The van der Waals surface area contributed by atoms with Gasteiger partial charge >= 0.3 is 6.61 Å². The number of carbonyl (C=O) groups is 1. The molecule has 0 saturated carbocycles. The minimum absolute atomic E-state index is 0.0673. The van der Waals surface area contributed by atoms with Crippen LogP contribution in [0.1, 0.15) is 0 Å². The molecule has 2 rings (SSSR count). The number of carbonyl (C=O) groups excluding carboxylic acids is 1. The predicted octanol–water partition coefficient (Wildman–Crippen LogP) is 4.21. The third-order valence-corrected chi connectivity index (χ3v) is 3.12. The van der Waals surface area contributed by atoms with Crippen LogP contribution in [0.15, 0.2) is 46.9 Å². The number of nitrogens with one attached hydrogen (secondary N) is 1. The quantitative estimate of drug-likeness (QED) is 0.804. The minimum Gasteiger partial charge on any atom is -0.481 e. The van der Waals surface area contributed by atoms with Crippen LogP contribution in [0.3, 0.4) is 0 Å². The Bertz CT molecular complexity index is 697. The van der Waals surface area contributed by atoms with Crippen molar-refractivity contribution in [2.24, 2.45) is 0 Å². The average Bonchev–Trinajstić information content (AvgIpc) is 2.48. The van der Waals surface area contributed by atoms with E-state index in [4.69, 9.17) is 4.74 Å². The summed E-state index contributed by atoms with van der Waals surface area (Å²) in [6, 6.07) is 9.83. The molecular formula is C15H11BrF3NO3. The lowest BCUT2D eigenvalue weighted by molar-refractivity contribution is -0.118. The van der Waals surface area contributed by atoms with Gasteiger partial charge in [0.1, 0.15) is 5.75 Å². The van der Waals surface area contributed by atoms with Gasteiger partial charge in [-0.15, -0.1) is 0 Å². The zero-order chi connectivity index (χ0) is 16.8. The van der Waals surface area contributed by atoms with Gasteiger partial charge in [0, 0.05) is 4.47 Å². The third-order valence-electron chi connectivity index (χ3n) is 2.63. The Labute approximate surface area is 138 Å². The fraction of sp³-hybridized carbons (Fsp3) is 0.133. The van der Waals surface area contributed by atoms with Gasteiger partial charge in [0.15, 0.2) is 18.2 Å². The summed E-state index contributed by atoms with van der Waals surface area (Å²) >= 11 is 3.10. The van der Waals surface area contributed by atoms with Crippen LogP contribution in [0.4, 0.5) is 18.9 Å². The summed E-state index contributed by atoms with van der Waals surface area (Å²) in [6.45, 7) is -3.50. The topological polar surface area (TPSA) is 47.6 Å². The molecule has 4 nitrogen and oxygen atoms in total. The highest BCUT2D eigenvalue weighted by atomic mass is 79.9. The molecule has 0 aliphatic carbocycles. The molecule has 2 aromatic rings. The molecule has 0 heterocycles. The summed E-state index contributed by atoms with van der Waals surface area (Å²) in [5, 5.41) is 2.36. The van der Waals surface area contributed by atoms with Crippen LogP contribution in [0.2, 0.25) is 0 Å². The molecule has 0 spiro atoms. The van der Waals surface area contributed by atoms with E-state index in [1.165, 1.54) is 30.3 Å². The zero-order valence-corrected chi connectivity index (χ0v) is 13.1. The van der Waals surface area contributed by atoms with Gasteiger partial charge in [-0.25, -0.2) is 4.39 Å². The number of ether oxygens (including phenoxy) is 2. The number of hydrogen-bond acceptors (Lipinski definition) is 3. The van der Waals surface area contributed by atoms with Gasteiger partial charge in [-0.2, -0.15) is 8.78 Å². The molecule has 0 aliphatic rings. The summed E-state index contributed by atoms with van der Waals surface area (Å²) in [7, 11) is 0. The maximum Gasteiger partial charge on any atom is 0.387 e. The van der Waals surface area contributed by atoms with Gasteiger partial charge in [0.2, 0.25) is 0 Å². The Hall–Kier alpha value is -2.22. The molecular weight excluding hydrogens is 379 g/mol. The number of hydrogen-bond donors (Lipinski definition) is 1. The molecule has 0 atom stereocenters. The van der Waals surface area contributed by atoms with Gasteiger partial charge in [-0.1, -0.05) is 28.1 Å². The third kappa shape index (κ3) is 5.17. The summed E-state index contributed by atoms with van der Waals surface area (Å²) in [5.74, 6) is -1.54. The lowest BCUT2D eigenvalue weighted by atomic mass is 10.3. The summed E-state index contributed by atoms with van der Waals surface area (Å²) < 4.78 is 48.0. The van der Waals surface area contributed by atoms with Crippen molar-refractivity contribution in [2.45, 2.75) is 6.61 Å². The van der Waals surface area contributed by atoms with E-state index in [1.807, 2.05) is 0 Å². The highest BCUT2D eigenvalue weighted by Gasteiger charge is 2.12. The van der Waals surface area contributed by atoms with E-state index in [-0.39, 0.29) is 17.2 Å². The van der Waals surface area contributed by atoms with Crippen molar-refractivity contribution < 1.29 is 27.4 Å². The molecule has 0 aromatic heterocycles. The molecule has 1 amide bonds. The van der Waals surface area contributed by atoms with Crippen LogP contribution in [-0.2, 0) is 4.79 Å². The summed E-state index contributed by atoms with van der Waals surface area (Å²) in [4.78, 5) is 11.8. The van der Waals surface area contributed by atoms with Gasteiger partial charge in [0.05, 0.1) is 5.69 Å². The molecule has 0 saturated heterocycles. The highest BCUT2D eigenvalue weighted by molar-refractivity contribution is 9.10. The van der Waals surface area contributed by atoms with Crippen molar-refractivity contribution in [3.63, 3.8) is 0 Å². The van der Waals surface area contributed by atoms with Crippen molar-refractivity contribution in [1.29, 1.82) is 0 Å². The number of amides is 1. The van der Waals surface area contributed by atoms with Crippen molar-refractivity contribution in [2.75, 3.05) is 11.9 Å². The van der Waals surface area contributed by atoms with Crippen LogP contribution in [0.5, 0.6) is 11.5 Å². The second kappa shape index (κ2) is 7.87. The van der Waals surface area contributed by atoms with Gasteiger partial charge in [-0.3, -0.25) is 4.79 Å². The standard InChI is InChI=1S/C15H11BrF3NO3/c16-9-5-6-12(10(17)7-9)22-8-14(21)20-11-3-1-2-4-13(11)23-15(18)19/h1-7,15H,8H2,(H,20,21). The molecule has 0 fully saturated rings. The number of para-hydroxylation sites is 2. The van der Waals surface area contributed by atoms with Crippen molar-refractivity contribution in [3.05, 3.63) is 52.8 Å². The number of alkyl halides is 2. The molecule has 23 heavy (non-hydrogen) atoms. The van der Waals surface area contributed by atoms with E-state index in [1.54, 1.807) is 12.1 Å². The lowest BCUT2D eigenvalue weighted by Gasteiger charge is -2.12. The van der Waals surface area contributed by atoms with E-state index in [0.29, 0.717) is 4.47 Å². The van der Waals surface area contributed by atoms with Crippen LogP contribution < -0.4 is 14.8 Å². The largest absolute Gasteiger partial charge is 0.481 e. The molecule has 0 bridgehead atoms. The smallest absolute Gasteiger partial charge is 0.387 e. The van der Waals surface area contributed by atoms with Crippen LogP contribution in [0, 0.1) is 5.82 Å². The van der Waals surface area contributed by atoms with Crippen LogP contribution >= 0.6 is 15.9 Å². The Kier molecular flexibility index (Phi) is 5.86. The van der Waals surface area contributed by atoms with Crippen LogP contribution in [-0.4, -0.2) is 19.1 Å². The van der Waals surface area contributed by atoms with Crippen molar-refractivity contribution >= 4 is 27.5 Å². The first-order valence-electron chi connectivity index (χ1n) is 6.37. The molecule has 0 unspecified atom stereocenters. The Morgan fingerprint density at radius 2 is 1.91 bits per heavy atom. The normalized spacial score (nSPS) is 10.5. The molecule has 0 aliphatic heterocycles. The Morgan fingerprint density at radius 1 is 1.17 bits per heavy atom. The summed E-state index contributed by atoms with van der Waals surface area (Å²) in [6.07, 6.45) is 0. The van der Waals surface area contributed by atoms with E-state index in [9.17, 15) is 18.0 Å². The zero-order valence-electron chi connectivity index (χ0n) is 11.6. The average molecular weight is 390 g/mol. The van der Waals surface area contributed by atoms with Crippen molar-refractivity contribution in [1.82, 2.24) is 0 Å². The SMILES string of the molecule is O=C(COc1ccc(Br)cc1F)Nc1ccccc1OC(F)F. The van der Waals surface area contributed by atoms with Gasteiger partial charge in [0.25, 0.3) is 5.91 Å². The first kappa shape index (κ1) is 17.1. The maximum absolute atomic E-state index is 13.5. The highest BCUT2D eigenvalue weighted by Crippen LogP contribution is 2.25. The molecule has 8 heteroatoms. The van der Waals surface area contributed by atoms with E-state index in [0.717, 1.165) is 0 Å². The van der Waals surface area contributed by atoms with Gasteiger partial charge in [-0.05, 0) is 30.3 Å². The van der Waals surface area contributed by atoms with Crippen LogP contribution in [0.25, 0.3) is 0 Å².